The third-order valence-corrected chi connectivity index (χ3v) is 4.85. The molecule has 2 rings (SSSR count). The highest BCUT2D eigenvalue weighted by molar-refractivity contribution is 4.92. The Balaban J connectivity index is 1.81. The largest absolute Gasteiger partial charge is 0.320 e. The van der Waals surface area contributed by atoms with Crippen molar-refractivity contribution < 1.29 is 0 Å². The zero-order valence-corrected chi connectivity index (χ0v) is 11.8. The van der Waals surface area contributed by atoms with Crippen molar-refractivity contribution in [2.45, 2.75) is 57.2 Å². The minimum atomic E-state index is 0.760. The summed E-state index contributed by atoms with van der Waals surface area (Å²) in [6.45, 7) is 6.18. The Kier molecular flexibility index (Phi) is 4.83. The van der Waals surface area contributed by atoms with Gasteiger partial charge in [0, 0.05) is 24.7 Å². The van der Waals surface area contributed by atoms with Crippen LogP contribution in [0.3, 0.4) is 0 Å². The van der Waals surface area contributed by atoms with Gasteiger partial charge in [-0.2, -0.15) is 0 Å². The third-order valence-electron chi connectivity index (χ3n) is 4.85. The Bertz CT molecular complexity index is 232. The Morgan fingerprint density at radius 3 is 2.76 bits per heavy atom. The molecule has 0 amide bonds. The first-order chi connectivity index (χ1) is 8.22. The van der Waals surface area contributed by atoms with Crippen LogP contribution < -0.4 is 5.32 Å². The molecule has 0 aromatic heterocycles. The van der Waals surface area contributed by atoms with E-state index in [-0.39, 0.29) is 0 Å². The number of nitrogens with zero attached hydrogens (tertiary/aromatic N) is 2. The first-order valence-electron chi connectivity index (χ1n) is 7.33. The summed E-state index contributed by atoms with van der Waals surface area (Å²) in [5.74, 6) is 0. The van der Waals surface area contributed by atoms with Gasteiger partial charge in [-0.3, -0.25) is 9.80 Å². The molecule has 100 valence electrons. The number of fused-ring (bicyclic) bond motifs is 2. The van der Waals surface area contributed by atoms with Crippen LogP contribution in [0.2, 0.25) is 0 Å². The maximum absolute atomic E-state index is 3.25. The highest BCUT2D eigenvalue weighted by Crippen LogP contribution is 2.29. The van der Waals surface area contributed by atoms with Crippen molar-refractivity contribution in [3.63, 3.8) is 0 Å². The Hall–Kier alpha value is -0.120. The number of hydrogen-bond acceptors (Lipinski definition) is 3. The maximum atomic E-state index is 3.25. The van der Waals surface area contributed by atoms with Gasteiger partial charge in [-0.15, -0.1) is 0 Å². The molecular weight excluding hydrogens is 210 g/mol. The van der Waals surface area contributed by atoms with Crippen LogP contribution in [0, 0.1) is 0 Å². The van der Waals surface area contributed by atoms with Crippen molar-refractivity contribution in [2.75, 3.05) is 33.7 Å². The fourth-order valence-electron chi connectivity index (χ4n) is 3.49. The monoisotopic (exact) mass is 239 g/mol. The van der Waals surface area contributed by atoms with Crippen molar-refractivity contribution in [1.82, 2.24) is 15.1 Å². The van der Waals surface area contributed by atoms with Crippen LogP contribution in [0.4, 0.5) is 0 Å². The highest BCUT2D eigenvalue weighted by Gasteiger charge is 2.35. The predicted molar refractivity (Wildman–Crippen MR) is 73.4 cm³/mol. The minimum Gasteiger partial charge on any atom is -0.320 e. The maximum Gasteiger partial charge on any atom is 0.0223 e. The lowest BCUT2D eigenvalue weighted by Gasteiger charge is -2.31. The smallest absolute Gasteiger partial charge is 0.0223 e. The van der Waals surface area contributed by atoms with Crippen LogP contribution in [0.5, 0.6) is 0 Å². The van der Waals surface area contributed by atoms with Crippen LogP contribution in [0.25, 0.3) is 0 Å². The fraction of sp³-hybridized carbons (Fsp3) is 1.00. The van der Waals surface area contributed by atoms with Crippen LogP contribution in [-0.2, 0) is 0 Å². The summed E-state index contributed by atoms with van der Waals surface area (Å²) < 4.78 is 0. The van der Waals surface area contributed by atoms with Gasteiger partial charge in [0.05, 0.1) is 0 Å². The second kappa shape index (κ2) is 6.17. The molecule has 0 aromatic rings. The Labute approximate surface area is 107 Å². The molecule has 0 saturated carbocycles. The van der Waals surface area contributed by atoms with E-state index in [2.05, 4.69) is 29.1 Å². The van der Waals surface area contributed by atoms with Gasteiger partial charge in [0.2, 0.25) is 0 Å². The predicted octanol–water partition coefficient (Wildman–Crippen LogP) is 1.54. The standard InChI is InChI=1S/C14H29N3/c1-12(5-4-9-15-2)17-10-8-13-6-7-14(11-17)16(13)3/h12-15H,4-11H2,1-3H3. The Morgan fingerprint density at radius 2 is 2.00 bits per heavy atom. The molecule has 2 saturated heterocycles. The van der Waals surface area contributed by atoms with Crippen LogP contribution in [-0.4, -0.2) is 61.7 Å². The molecule has 0 spiro atoms. The summed E-state index contributed by atoms with van der Waals surface area (Å²) in [4.78, 5) is 5.37. The van der Waals surface area contributed by atoms with E-state index in [1.165, 1.54) is 45.2 Å². The molecule has 3 heteroatoms. The van der Waals surface area contributed by atoms with Crippen LogP contribution in [0.1, 0.15) is 39.0 Å². The average molecular weight is 239 g/mol. The van der Waals surface area contributed by atoms with E-state index < -0.39 is 0 Å². The number of nitrogens with one attached hydrogen (secondary N) is 1. The quantitative estimate of drug-likeness (QED) is 0.734. The summed E-state index contributed by atoms with van der Waals surface area (Å²) in [6.07, 6.45) is 6.87. The molecule has 3 nitrogen and oxygen atoms in total. The Morgan fingerprint density at radius 1 is 1.24 bits per heavy atom. The molecule has 17 heavy (non-hydrogen) atoms. The summed E-state index contributed by atoms with van der Waals surface area (Å²) in [5.41, 5.74) is 0. The van der Waals surface area contributed by atoms with Gasteiger partial charge in [-0.25, -0.2) is 0 Å². The summed E-state index contributed by atoms with van der Waals surface area (Å²) in [5, 5.41) is 3.25. The van der Waals surface area contributed by atoms with E-state index in [4.69, 9.17) is 0 Å². The van der Waals surface area contributed by atoms with Gasteiger partial charge in [0.25, 0.3) is 0 Å². The number of likely N-dealkylation sites (tertiary alicyclic amines) is 1. The molecule has 2 aliphatic rings. The summed E-state index contributed by atoms with van der Waals surface area (Å²) >= 11 is 0. The number of rotatable bonds is 5. The first-order valence-corrected chi connectivity index (χ1v) is 7.33. The van der Waals surface area contributed by atoms with E-state index in [0.717, 1.165) is 24.7 Å². The van der Waals surface area contributed by atoms with Gasteiger partial charge in [-0.1, -0.05) is 0 Å². The minimum absolute atomic E-state index is 0.760. The van der Waals surface area contributed by atoms with Crippen LogP contribution >= 0.6 is 0 Å². The highest BCUT2D eigenvalue weighted by atomic mass is 15.3. The fourth-order valence-corrected chi connectivity index (χ4v) is 3.49. The molecule has 2 bridgehead atoms. The zero-order chi connectivity index (χ0) is 12.3. The average Bonchev–Trinajstić information content (AvgIpc) is 2.53. The van der Waals surface area contributed by atoms with Crippen molar-refractivity contribution in [3.8, 4) is 0 Å². The molecule has 3 unspecified atom stereocenters. The zero-order valence-electron chi connectivity index (χ0n) is 11.8. The van der Waals surface area contributed by atoms with E-state index in [9.17, 15) is 0 Å². The molecule has 1 N–H and O–H groups in total. The van der Waals surface area contributed by atoms with Gasteiger partial charge in [0.15, 0.2) is 0 Å². The van der Waals surface area contributed by atoms with E-state index in [1.54, 1.807) is 0 Å². The first kappa shape index (κ1) is 13.3. The topological polar surface area (TPSA) is 18.5 Å². The summed E-state index contributed by atoms with van der Waals surface area (Å²) in [6, 6.07) is 2.46. The van der Waals surface area contributed by atoms with Crippen molar-refractivity contribution in [2.24, 2.45) is 0 Å². The molecule has 0 radical (unpaired) electrons. The van der Waals surface area contributed by atoms with Crippen molar-refractivity contribution in [1.29, 1.82) is 0 Å². The number of likely N-dealkylation sites (N-methyl/N-ethyl adjacent to an activating group) is 1. The van der Waals surface area contributed by atoms with Gasteiger partial charge in [0.1, 0.15) is 0 Å². The molecule has 2 aliphatic heterocycles. The van der Waals surface area contributed by atoms with Gasteiger partial charge in [-0.05, 0) is 66.2 Å². The van der Waals surface area contributed by atoms with Crippen molar-refractivity contribution in [3.05, 3.63) is 0 Å². The molecule has 0 aliphatic carbocycles. The molecule has 3 atom stereocenters. The normalized spacial score (nSPS) is 32.6. The van der Waals surface area contributed by atoms with E-state index in [1.807, 2.05) is 7.05 Å². The third kappa shape index (κ3) is 3.21. The van der Waals surface area contributed by atoms with E-state index in [0.29, 0.717) is 0 Å². The molecule has 2 fully saturated rings. The number of hydrogen-bond donors (Lipinski definition) is 1. The second-order valence-corrected chi connectivity index (χ2v) is 5.93. The lowest BCUT2D eigenvalue weighted by Crippen LogP contribution is -2.41. The van der Waals surface area contributed by atoms with Gasteiger partial charge >= 0.3 is 0 Å². The molecule has 2 heterocycles. The second-order valence-electron chi connectivity index (χ2n) is 5.93. The van der Waals surface area contributed by atoms with Gasteiger partial charge < -0.3 is 5.32 Å². The van der Waals surface area contributed by atoms with Crippen LogP contribution in [0.15, 0.2) is 0 Å². The lowest BCUT2D eigenvalue weighted by molar-refractivity contribution is 0.172. The molecule has 0 aromatic carbocycles. The van der Waals surface area contributed by atoms with Crippen molar-refractivity contribution >= 4 is 0 Å². The van der Waals surface area contributed by atoms with E-state index >= 15 is 0 Å². The SMILES string of the molecule is CNCCCC(C)N1CCC2CCC(C1)N2C. The molecular formula is C14H29N3. The summed E-state index contributed by atoms with van der Waals surface area (Å²) in [7, 11) is 4.38. The lowest BCUT2D eigenvalue weighted by atomic mass is 10.1.